The first-order valence-electron chi connectivity index (χ1n) is 8.21. The first kappa shape index (κ1) is 16.1. The molecule has 0 aromatic carbocycles. The van der Waals surface area contributed by atoms with Crippen molar-refractivity contribution in [2.75, 3.05) is 0 Å². The van der Waals surface area contributed by atoms with Gasteiger partial charge in [-0.05, 0) is 44.4 Å². The first-order valence-corrected chi connectivity index (χ1v) is 8.21. The van der Waals surface area contributed by atoms with Crippen LogP contribution in [0.25, 0.3) is 0 Å². The van der Waals surface area contributed by atoms with E-state index in [4.69, 9.17) is 0 Å². The molecule has 2 rings (SSSR count). The van der Waals surface area contributed by atoms with E-state index in [0.29, 0.717) is 18.3 Å². The molecular formula is C16H28N2O3. The van der Waals surface area contributed by atoms with Gasteiger partial charge >= 0.3 is 12.0 Å². The Labute approximate surface area is 127 Å². The molecule has 5 nitrogen and oxygen atoms in total. The average Bonchev–Trinajstić information content (AvgIpc) is 2.76. The lowest BCUT2D eigenvalue weighted by Gasteiger charge is -2.34. The fourth-order valence-corrected chi connectivity index (χ4v) is 4.02. The van der Waals surface area contributed by atoms with Gasteiger partial charge in [-0.2, -0.15) is 0 Å². The standard InChI is InChI=1S/C16H28N2O3/c1-10(2)8-11(3)17-16(21)18-13-7-5-4-6-12(13)9-14(18)15(19)20/h10-14H,4-9H2,1-3H3,(H,17,21)(H,19,20). The van der Waals surface area contributed by atoms with Crippen LogP contribution >= 0.6 is 0 Å². The lowest BCUT2D eigenvalue weighted by Crippen LogP contribution is -2.52. The maximum Gasteiger partial charge on any atom is 0.326 e. The molecule has 1 heterocycles. The Morgan fingerprint density at radius 2 is 1.90 bits per heavy atom. The highest BCUT2D eigenvalue weighted by Crippen LogP contribution is 2.39. The van der Waals surface area contributed by atoms with Crippen molar-refractivity contribution in [2.45, 2.75) is 77.4 Å². The summed E-state index contributed by atoms with van der Waals surface area (Å²) in [5.41, 5.74) is 0. The van der Waals surface area contributed by atoms with E-state index in [1.54, 1.807) is 4.90 Å². The highest BCUT2D eigenvalue weighted by Gasteiger charge is 2.47. The number of nitrogens with one attached hydrogen (secondary N) is 1. The number of aliphatic carboxylic acids is 1. The zero-order valence-corrected chi connectivity index (χ0v) is 13.3. The predicted molar refractivity (Wildman–Crippen MR) is 81.1 cm³/mol. The number of likely N-dealkylation sites (tertiary alicyclic amines) is 1. The second-order valence-electron chi connectivity index (χ2n) is 7.09. The van der Waals surface area contributed by atoms with Crippen LogP contribution in [-0.2, 0) is 4.79 Å². The van der Waals surface area contributed by atoms with Crippen molar-refractivity contribution in [3.63, 3.8) is 0 Å². The van der Waals surface area contributed by atoms with Gasteiger partial charge in [-0.25, -0.2) is 9.59 Å². The van der Waals surface area contributed by atoms with Gasteiger partial charge in [0.15, 0.2) is 0 Å². The van der Waals surface area contributed by atoms with Crippen LogP contribution in [0.5, 0.6) is 0 Å². The average molecular weight is 296 g/mol. The molecule has 5 heteroatoms. The van der Waals surface area contributed by atoms with Gasteiger partial charge in [-0.15, -0.1) is 0 Å². The van der Waals surface area contributed by atoms with Crippen molar-refractivity contribution in [2.24, 2.45) is 11.8 Å². The van der Waals surface area contributed by atoms with E-state index in [-0.39, 0.29) is 18.1 Å². The zero-order chi connectivity index (χ0) is 15.6. The molecule has 0 bridgehead atoms. The maximum atomic E-state index is 12.6. The third-order valence-corrected chi connectivity index (χ3v) is 4.80. The molecule has 2 fully saturated rings. The van der Waals surface area contributed by atoms with Gasteiger partial charge in [0, 0.05) is 12.1 Å². The number of carboxylic acids is 1. The number of carbonyl (C=O) groups is 2. The highest BCUT2D eigenvalue weighted by molar-refractivity contribution is 5.84. The normalized spacial score (nSPS) is 30.1. The molecule has 2 aliphatic rings. The Morgan fingerprint density at radius 1 is 1.24 bits per heavy atom. The topological polar surface area (TPSA) is 69.6 Å². The lowest BCUT2D eigenvalue weighted by atomic mass is 9.85. The van der Waals surface area contributed by atoms with Crippen molar-refractivity contribution in [3.8, 4) is 0 Å². The Bertz CT molecular complexity index is 397. The van der Waals surface area contributed by atoms with Gasteiger partial charge in [-0.3, -0.25) is 0 Å². The Balaban J connectivity index is 2.06. The van der Waals surface area contributed by atoms with E-state index in [2.05, 4.69) is 19.2 Å². The van der Waals surface area contributed by atoms with E-state index in [9.17, 15) is 14.7 Å². The summed E-state index contributed by atoms with van der Waals surface area (Å²) < 4.78 is 0. The van der Waals surface area contributed by atoms with Gasteiger partial charge in [0.2, 0.25) is 0 Å². The van der Waals surface area contributed by atoms with Crippen molar-refractivity contribution in [1.29, 1.82) is 0 Å². The van der Waals surface area contributed by atoms with Crippen LogP contribution in [0.3, 0.4) is 0 Å². The summed E-state index contributed by atoms with van der Waals surface area (Å²) in [4.78, 5) is 25.7. The summed E-state index contributed by atoms with van der Waals surface area (Å²) in [6.07, 6.45) is 5.78. The zero-order valence-electron chi connectivity index (χ0n) is 13.3. The number of fused-ring (bicyclic) bond motifs is 1. The number of carbonyl (C=O) groups excluding carboxylic acids is 1. The number of rotatable bonds is 4. The number of urea groups is 1. The van der Waals surface area contributed by atoms with Crippen LogP contribution in [0.1, 0.15) is 59.3 Å². The van der Waals surface area contributed by atoms with Crippen molar-refractivity contribution < 1.29 is 14.7 Å². The number of hydrogen-bond donors (Lipinski definition) is 2. The van der Waals surface area contributed by atoms with Crippen LogP contribution < -0.4 is 5.32 Å². The summed E-state index contributed by atoms with van der Waals surface area (Å²) in [5.74, 6) is 0.0126. The molecule has 2 amide bonds. The molecule has 0 radical (unpaired) electrons. The third-order valence-electron chi connectivity index (χ3n) is 4.80. The summed E-state index contributed by atoms with van der Waals surface area (Å²) in [7, 11) is 0. The van der Waals surface area contributed by atoms with Crippen molar-refractivity contribution >= 4 is 12.0 Å². The number of carboxylic acid groups (broad SMARTS) is 1. The summed E-state index contributed by atoms with van der Waals surface area (Å²) in [6, 6.07) is -0.644. The summed E-state index contributed by atoms with van der Waals surface area (Å²) in [6.45, 7) is 6.23. The number of hydrogen-bond acceptors (Lipinski definition) is 2. The second-order valence-corrected chi connectivity index (χ2v) is 7.09. The Kier molecular flexibility index (Phi) is 5.12. The maximum absolute atomic E-state index is 12.6. The quantitative estimate of drug-likeness (QED) is 0.838. The largest absolute Gasteiger partial charge is 0.480 e. The molecule has 1 saturated carbocycles. The second kappa shape index (κ2) is 6.67. The molecule has 21 heavy (non-hydrogen) atoms. The van der Waals surface area contributed by atoms with E-state index in [0.717, 1.165) is 32.1 Å². The molecule has 1 aliphatic carbocycles. The molecule has 1 aliphatic heterocycles. The molecule has 120 valence electrons. The van der Waals surface area contributed by atoms with Crippen LogP contribution in [0, 0.1) is 11.8 Å². The molecule has 4 atom stereocenters. The molecule has 0 aromatic heterocycles. The van der Waals surface area contributed by atoms with Gasteiger partial charge in [-0.1, -0.05) is 26.7 Å². The van der Waals surface area contributed by atoms with Gasteiger partial charge in [0.1, 0.15) is 6.04 Å². The van der Waals surface area contributed by atoms with E-state index in [1.165, 1.54) is 0 Å². The SMILES string of the molecule is CC(C)CC(C)NC(=O)N1C(C(=O)O)CC2CCCCC21. The number of amides is 2. The minimum Gasteiger partial charge on any atom is -0.480 e. The summed E-state index contributed by atoms with van der Waals surface area (Å²) in [5, 5.41) is 12.4. The fraction of sp³-hybridized carbons (Fsp3) is 0.875. The number of nitrogens with zero attached hydrogens (tertiary/aromatic N) is 1. The summed E-state index contributed by atoms with van der Waals surface area (Å²) >= 11 is 0. The lowest BCUT2D eigenvalue weighted by molar-refractivity contribution is -0.141. The molecule has 0 spiro atoms. The van der Waals surface area contributed by atoms with E-state index < -0.39 is 12.0 Å². The molecule has 1 saturated heterocycles. The predicted octanol–water partition coefficient (Wildman–Crippen LogP) is 2.85. The van der Waals surface area contributed by atoms with E-state index in [1.807, 2.05) is 6.92 Å². The van der Waals surface area contributed by atoms with Crippen LogP contribution in [0.2, 0.25) is 0 Å². The third kappa shape index (κ3) is 3.69. The van der Waals surface area contributed by atoms with Gasteiger partial charge in [0.25, 0.3) is 0 Å². The first-order chi connectivity index (χ1) is 9.90. The molecular weight excluding hydrogens is 268 g/mol. The fourth-order valence-electron chi connectivity index (χ4n) is 4.02. The smallest absolute Gasteiger partial charge is 0.326 e. The van der Waals surface area contributed by atoms with Gasteiger partial charge < -0.3 is 15.3 Å². The highest BCUT2D eigenvalue weighted by atomic mass is 16.4. The van der Waals surface area contributed by atoms with Crippen LogP contribution in [0.4, 0.5) is 4.79 Å². The van der Waals surface area contributed by atoms with E-state index >= 15 is 0 Å². The van der Waals surface area contributed by atoms with Crippen LogP contribution in [0.15, 0.2) is 0 Å². The molecule has 4 unspecified atom stereocenters. The minimum absolute atomic E-state index is 0.0783. The monoisotopic (exact) mass is 296 g/mol. The van der Waals surface area contributed by atoms with Gasteiger partial charge in [0.05, 0.1) is 0 Å². The Morgan fingerprint density at radius 3 is 2.52 bits per heavy atom. The van der Waals surface area contributed by atoms with Crippen molar-refractivity contribution in [1.82, 2.24) is 10.2 Å². The van der Waals surface area contributed by atoms with Crippen molar-refractivity contribution in [3.05, 3.63) is 0 Å². The Hall–Kier alpha value is -1.26. The molecule has 0 aromatic rings. The van der Waals surface area contributed by atoms with Crippen LogP contribution in [-0.4, -0.2) is 40.1 Å². The molecule has 2 N–H and O–H groups in total. The minimum atomic E-state index is -0.865.